The highest BCUT2D eigenvalue weighted by Crippen LogP contribution is 2.35. The summed E-state index contributed by atoms with van der Waals surface area (Å²) in [6, 6.07) is 5.39. The molecule has 0 unspecified atom stereocenters. The molecule has 3 aromatic rings. The van der Waals surface area contributed by atoms with Gasteiger partial charge in [-0.25, -0.2) is 4.68 Å². The monoisotopic (exact) mass is 438 g/mol. The van der Waals surface area contributed by atoms with Gasteiger partial charge < -0.3 is 19.2 Å². The SMILES string of the molecule is O=c1[nH]c2cc3c(cc2cc1[C@@H](c1nnnn1C[C@@H]1CCCO1)N1CCCC1)OCCO3. The molecule has 2 aromatic heterocycles. The molecule has 0 radical (unpaired) electrons. The number of pyridine rings is 1. The average Bonchev–Trinajstić information content (AvgIpc) is 3.58. The molecule has 10 nitrogen and oxygen atoms in total. The van der Waals surface area contributed by atoms with Crippen LogP contribution in [0.25, 0.3) is 10.9 Å². The Morgan fingerprint density at radius 2 is 1.88 bits per heavy atom. The Bertz CT molecular complexity index is 1180. The van der Waals surface area contributed by atoms with Gasteiger partial charge in [0.05, 0.1) is 18.2 Å². The van der Waals surface area contributed by atoms with E-state index in [1.54, 1.807) is 0 Å². The third kappa shape index (κ3) is 3.53. The Labute approximate surface area is 184 Å². The molecular weight excluding hydrogens is 412 g/mol. The molecule has 0 saturated carbocycles. The van der Waals surface area contributed by atoms with Crippen LogP contribution in [0.2, 0.25) is 0 Å². The Kier molecular flexibility index (Phi) is 5.03. The molecule has 6 rings (SSSR count). The number of rotatable bonds is 5. The number of H-pyrrole nitrogens is 1. The number of tetrazole rings is 1. The molecular formula is C22H26N6O4. The van der Waals surface area contributed by atoms with Crippen molar-refractivity contribution in [1.29, 1.82) is 0 Å². The normalized spacial score (nSPS) is 21.9. The summed E-state index contributed by atoms with van der Waals surface area (Å²) in [4.78, 5) is 18.6. The van der Waals surface area contributed by atoms with E-state index in [0.717, 1.165) is 56.3 Å². The summed E-state index contributed by atoms with van der Waals surface area (Å²) in [5.41, 5.74) is 1.22. The van der Waals surface area contributed by atoms with Crippen LogP contribution in [0.15, 0.2) is 23.0 Å². The minimum atomic E-state index is -0.324. The number of aromatic nitrogens is 5. The van der Waals surface area contributed by atoms with Crippen molar-refractivity contribution in [3.63, 3.8) is 0 Å². The molecule has 2 saturated heterocycles. The molecule has 168 valence electrons. The van der Waals surface area contributed by atoms with E-state index in [1.165, 1.54) is 0 Å². The zero-order valence-corrected chi connectivity index (χ0v) is 17.8. The van der Waals surface area contributed by atoms with Gasteiger partial charge >= 0.3 is 0 Å². The van der Waals surface area contributed by atoms with E-state index < -0.39 is 0 Å². The second-order valence-corrected chi connectivity index (χ2v) is 8.64. The number of likely N-dealkylation sites (tertiary alicyclic amines) is 1. The first kappa shape index (κ1) is 19.7. The topological polar surface area (TPSA) is 107 Å². The molecule has 10 heteroatoms. The van der Waals surface area contributed by atoms with Gasteiger partial charge in [-0.3, -0.25) is 9.69 Å². The lowest BCUT2D eigenvalue weighted by Gasteiger charge is -2.27. The second kappa shape index (κ2) is 8.18. The van der Waals surface area contributed by atoms with Crippen molar-refractivity contribution in [2.24, 2.45) is 0 Å². The third-order valence-corrected chi connectivity index (χ3v) is 6.54. The zero-order chi connectivity index (χ0) is 21.5. The van der Waals surface area contributed by atoms with Gasteiger partial charge in [0.25, 0.3) is 5.56 Å². The predicted molar refractivity (Wildman–Crippen MR) is 115 cm³/mol. The van der Waals surface area contributed by atoms with Gasteiger partial charge in [0.2, 0.25) is 0 Å². The molecule has 3 aliphatic heterocycles. The van der Waals surface area contributed by atoms with Crippen molar-refractivity contribution >= 4 is 10.9 Å². The van der Waals surface area contributed by atoms with Crippen LogP contribution in [0, 0.1) is 0 Å². The van der Waals surface area contributed by atoms with Crippen molar-refractivity contribution in [3.8, 4) is 11.5 Å². The summed E-state index contributed by atoms with van der Waals surface area (Å²) < 4.78 is 19.0. The minimum absolute atomic E-state index is 0.107. The summed E-state index contributed by atoms with van der Waals surface area (Å²) in [6.45, 7) is 4.19. The molecule has 2 atom stereocenters. The van der Waals surface area contributed by atoms with Gasteiger partial charge in [-0.1, -0.05) is 0 Å². The molecule has 1 aromatic carbocycles. The fourth-order valence-corrected chi connectivity index (χ4v) is 4.98. The van der Waals surface area contributed by atoms with Crippen LogP contribution in [0.3, 0.4) is 0 Å². The first-order valence-electron chi connectivity index (χ1n) is 11.3. The molecule has 0 spiro atoms. The highest BCUT2D eigenvalue weighted by atomic mass is 16.6. The van der Waals surface area contributed by atoms with Crippen molar-refractivity contribution in [2.75, 3.05) is 32.9 Å². The number of hydrogen-bond donors (Lipinski definition) is 1. The summed E-state index contributed by atoms with van der Waals surface area (Å²) in [6.07, 6.45) is 4.34. The van der Waals surface area contributed by atoms with Crippen LogP contribution in [0.5, 0.6) is 11.5 Å². The van der Waals surface area contributed by atoms with E-state index in [-0.39, 0.29) is 17.7 Å². The summed E-state index contributed by atoms with van der Waals surface area (Å²) >= 11 is 0. The Balaban J connectivity index is 1.44. The average molecular weight is 438 g/mol. The molecule has 0 amide bonds. The fraction of sp³-hybridized carbons (Fsp3) is 0.545. The number of nitrogens with zero attached hydrogens (tertiary/aromatic N) is 5. The Morgan fingerprint density at radius 1 is 1.06 bits per heavy atom. The highest BCUT2D eigenvalue weighted by molar-refractivity contribution is 5.83. The third-order valence-electron chi connectivity index (χ3n) is 6.54. The molecule has 2 fully saturated rings. The first-order valence-corrected chi connectivity index (χ1v) is 11.3. The number of ether oxygens (including phenoxy) is 3. The maximum atomic E-state index is 13.3. The summed E-state index contributed by atoms with van der Waals surface area (Å²) in [7, 11) is 0. The molecule has 5 heterocycles. The van der Waals surface area contributed by atoms with Crippen LogP contribution < -0.4 is 15.0 Å². The Hall–Kier alpha value is -2.98. The van der Waals surface area contributed by atoms with E-state index in [2.05, 4.69) is 25.4 Å². The molecule has 32 heavy (non-hydrogen) atoms. The number of nitrogens with one attached hydrogen (secondary N) is 1. The van der Waals surface area contributed by atoms with Crippen molar-refractivity contribution in [1.82, 2.24) is 30.1 Å². The number of benzene rings is 1. The van der Waals surface area contributed by atoms with Crippen molar-refractivity contribution in [3.05, 3.63) is 39.9 Å². The lowest BCUT2D eigenvalue weighted by Crippen LogP contribution is -2.34. The van der Waals surface area contributed by atoms with Crippen LogP contribution in [-0.2, 0) is 11.3 Å². The van der Waals surface area contributed by atoms with Gasteiger partial charge in [-0.05, 0) is 61.3 Å². The van der Waals surface area contributed by atoms with Gasteiger partial charge in [-0.2, -0.15) is 0 Å². The number of hydrogen-bond acceptors (Lipinski definition) is 8. The standard InChI is InChI=1S/C22H26N6O4/c29-22-16(10-14-11-18-19(12-17(14)23-22)32-9-8-31-18)20(27-5-1-2-6-27)21-24-25-26-28(21)13-15-4-3-7-30-15/h10-12,15,20H,1-9,13H2,(H,23,29)/t15-,20-/m0/s1. The quantitative estimate of drug-likeness (QED) is 0.641. The predicted octanol–water partition coefficient (Wildman–Crippen LogP) is 1.65. The van der Waals surface area contributed by atoms with E-state index in [0.29, 0.717) is 42.6 Å². The number of fused-ring (bicyclic) bond motifs is 2. The highest BCUT2D eigenvalue weighted by Gasteiger charge is 2.33. The zero-order valence-electron chi connectivity index (χ0n) is 17.8. The minimum Gasteiger partial charge on any atom is -0.486 e. The van der Waals surface area contributed by atoms with E-state index in [9.17, 15) is 4.79 Å². The maximum Gasteiger partial charge on any atom is 0.253 e. The van der Waals surface area contributed by atoms with Gasteiger partial charge in [0.1, 0.15) is 19.3 Å². The lowest BCUT2D eigenvalue weighted by molar-refractivity contribution is 0.0912. The Morgan fingerprint density at radius 3 is 2.66 bits per heavy atom. The largest absolute Gasteiger partial charge is 0.486 e. The summed E-state index contributed by atoms with van der Waals surface area (Å²) in [5, 5.41) is 13.5. The lowest BCUT2D eigenvalue weighted by atomic mass is 10.0. The van der Waals surface area contributed by atoms with Crippen molar-refractivity contribution < 1.29 is 14.2 Å². The van der Waals surface area contributed by atoms with Gasteiger partial charge in [-0.15, -0.1) is 5.10 Å². The van der Waals surface area contributed by atoms with Crippen LogP contribution >= 0.6 is 0 Å². The maximum absolute atomic E-state index is 13.3. The van der Waals surface area contributed by atoms with Crippen molar-refractivity contribution in [2.45, 2.75) is 44.4 Å². The van der Waals surface area contributed by atoms with Gasteiger partial charge in [0, 0.05) is 23.6 Å². The van der Waals surface area contributed by atoms with E-state index in [4.69, 9.17) is 14.2 Å². The molecule has 1 N–H and O–H groups in total. The molecule has 0 bridgehead atoms. The first-order chi connectivity index (χ1) is 15.8. The molecule has 0 aliphatic carbocycles. The van der Waals surface area contributed by atoms with Crippen LogP contribution in [0.4, 0.5) is 0 Å². The van der Waals surface area contributed by atoms with Crippen LogP contribution in [0.1, 0.15) is 43.1 Å². The van der Waals surface area contributed by atoms with E-state index in [1.807, 2.05) is 22.9 Å². The second-order valence-electron chi connectivity index (χ2n) is 8.64. The summed E-state index contributed by atoms with van der Waals surface area (Å²) in [5.74, 6) is 2.04. The fourth-order valence-electron chi connectivity index (χ4n) is 4.98. The number of aromatic amines is 1. The van der Waals surface area contributed by atoms with E-state index >= 15 is 0 Å². The van der Waals surface area contributed by atoms with Gasteiger partial charge in [0.15, 0.2) is 17.3 Å². The smallest absolute Gasteiger partial charge is 0.253 e. The molecule has 3 aliphatic rings. The van der Waals surface area contributed by atoms with Crippen LogP contribution in [-0.4, -0.2) is 69.1 Å².